The summed E-state index contributed by atoms with van der Waals surface area (Å²) in [5.41, 5.74) is 0.916. The number of thioether (sulfide) groups is 1. The highest BCUT2D eigenvalue weighted by molar-refractivity contribution is 8.00. The first-order chi connectivity index (χ1) is 6.62. The van der Waals surface area contributed by atoms with E-state index in [9.17, 15) is 0 Å². The fourth-order valence-corrected chi connectivity index (χ4v) is 2.37. The number of ether oxygens (including phenoxy) is 1. The molecule has 2 heterocycles. The summed E-state index contributed by atoms with van der Waals surface area (Å²) in [4.78, 5) is 8.28. The second-order valence-corrected chi connectivity index (χ2v) is 5.47. The predicted molar refractivity (Wildman–Crippen MR) is 57.0 cm³/mol. The van der Waals surface area contributed by atoms with Gasteiger partial charge in [0.1, 0.15) is 17.0 Å². The third kappa shape index (κ3) is 1.64. The van der Waals surface area contributed by atoms with Crippen molar-refractivity contribution in [2.24, 2.45) is 0 Å². The van der Waals surface area contributed by atoms with Crippen molar-refractivity contribution in [3.63, 3.8) is 0 Å². The van der Waals surface area contributed by atoms with E-state index in [-0.39, 0.29) is 4.75 Å². The molecular weight excluding hydrogens is 198 g/mol. The van der Waals surface area contributed by atoms with E-state index in [0.717, 1.165) is 17.3 Å². The van der Waals surface area contributed by atoms with E-state index in [2.05, 4.69) is 29.1 Å². The molecule has 5 heteroatoms. The fourth-order valence-electron chi connectivity index (χ4n) is 1.34. The first-order valence-electron chi connectivity index (χ1n) is 4.44. The third-order valence-electron chi connectivity index (χ3n) is 2.03. The minimum Gasteiger partial charge on any atom is -0.479 e. The van der Waals surface area contributed by atoms with Crippen molar-refractivity contribution in [3.8, 4) is 5.88 Å². The highest BCUT2D eigenvalue weighted by atomic mass is 32.2. The number of hydrogen-bond acceptors (Lipinski definition) is 5. The largest absolute Gasteiger partial charge is 0.479 e. The van der Waals surface area contributed by atoms with Gasteiger partial charge in [-0.3, -0.25) is 0 Å². The zero-order chi connectivity index (χ0) is 10.2. The Morgan fingerprint density at radius 3 is 3.00 bits per heavy atom. The van der Waals surface area contributed by atoms with Crippen LogP contribution in [-0.4, -0.2) is 28.4 Å². The third-order valence-corrected chi connectivity index (χ3v) is 3.23. The molecule has 0 amide bonds. The van der Waals surface area contributed by atoms with Crippen LogP contribution in [0, 0.1) is 0 Å². The lowest BCUT2D eigenvalue weighted by molar-refractivity contribution is 0.396. The van der Waals surface area contributed by atoms with Crippen LogP contribution in [0.1, 0.15) is 13.8 Å². The fraction of sp³-hybridized carbons (Fsp3) is 0.556. The van der Waals surface area contributed by atoms with E-state index in [1.807, 2.05) is 0 Å². The molecule has 0 spiro atoms. The van der Waals surface area contributed by atoms with Gasteiger partial charge < -0.3 is 10.1 Å². The summed E-state index contributed by atoms with van der Waals surface area (Å²) < 4.78 is 5.33. The quantitative estimate of drug-likeness (QED) is 0.717. The molecule has 0 saturated carbocycles. The Hall–Kier alpha value is -0.970. The summed E-state index contributed by atoms with van der Waals surface area (Å²) in [5.74, 6) is 0.623. The number of nitrogens with one attached hydrogen (secondary N) is 1. The van der Waals surface area contributed by atoms with Gasteiger partial charge in [0.15, 0.2) is 0 Å². The van der Waals surface area contributed by atoms with Crippen molar-refractivity contribution < 1.29 is 4.74 Å². The van der Waals surface area contributed by atoms with Gasteiger partial charge in [-0.15, -0.1) is 0 Å². The average Bonchev–Trinajstić information content (AvgIpc) is 2.15. The van der Waals surface area contributed by atoms with Crippen molar-refractivity contribution in [1.29, 1.82) is 0 Å². The molecule has 14 heavy (non-hydrogen) atoms. The Morgan fingerprint density at radius 1 is 1.50 bits per heavy atom. The smallest absolute Gasteiger partial charge is 0.241 e. The Balaban J connectivity index is 2.40. The first-order valence-corrected chi connectivity index (χ1v) is 5.26. The molecule has 4 nitrogen and oxygen atoms in total. The standard InChI is InChI=1S/C9H13N3OS/c1-9(2)4-10-6-7(13-3)11-5-12-8(6)14-9/h5,10H,4H2,1-3H3. The van der Waals surface area contributed by atoms with Gasteiger partial charge in [-0.25, -0.2) is 4.98 Å². The minimum absolute atomic E-state index is 0.173. The van der Waals surface area contributed by atoms with Crippen molar-refractivity contribution in [1.82, 2.24) is 9.97 Å². The van der Waals surface area contributed by atoms with Gasteiger partial charge in [0, 0.05) is 11.3 Å². The minimum atomic E-state index is 0.173. The molecule has 0 fully saturated rings. The molecule has 2 rings (SSSR count). The molecular formula is C9H13N3OS. The second kappa shape index (κ2) is 3.31. The van der Waals surface area contributed by atoms with E-state index in [0.29, 0.717) is 5.88 Å². The topological polar surface area (TPSA) is 47.0 Å². The summed E-state index contributed by atoms with van der Waals surface area (Å²) in [6.07, 6.45) is 1.54. The maximum absolute atomic E-state index is 5.15. The zero-order valence-electron chi connectivity index (χ0n) is 8.50. The van der Waals surface area contributed by atoms with E-state index < -0.39 is 0 Å². The summed E-state index contributed by atoms with van der Waals surface area (Å²) in [6.45, 7) is 5.26. The van der Waals surface area contributed by atoms with Crippen LogP contribution in [0.2, 0.25) is 0 Å². The molecule has 0 aliphatic carbocycles. The van der Waals surface area contributed by atoms with E-state index in [1.54, 1.807) is 18.9 Å². The molecule has 0 bridgehead atoms. The Labute approximate surface area is 87.5 Å². The van der Waals surface area contributed by atoms with Crippen LogP contribution in [0.5, 0.6) is 5.88 Å². The van der Waals surface area contributed by atoms with E-state index in [1.165, 1.54) is 6.33 Å². The maximum Gasteiger partial charge on any atom is 0.241 e. The van der Waals surface area contributed by atoms with Crippen LogP contribution in [0.25, 0.3) is 0 Å². The summed E-state index contributed by atoms with van der Waals surface area (Å²) in [7, 11) is 1.62. The number of hydrogen-bond donors (Lipinski definition) is 1. The molecule has 1 aliphatic heterocycles. The SMILES string of the molecule is COc1ncnc2c1NCC(C)(C)S2. The number of nitrogens with zero attached hydrogens (tertiary/aromatic N) is 2. The number of rotatable bonds is 1. The van der Waals surface area contributed by atoms with Crippen molar-refractivity contribution in [2.45, 2.75) is 23.6 Å². The van der Waals surface area contributed by atoms with Crippen LogP contribution in [0.3, 0.4) is 0 Å². The lowest BCUT2D eigenvalue weighted by atomic mass is 10.2. The van der Waals surface area contributed by atoms with E-state index >= 15 is 0 Å². The molecule has 1 aromatic heterocycles. The van der Waals surface area contributed by atoms with Crippen LogP contribution in [0.4, 0.5) is 5.69 Å². The van der Waals surface area contributed by atoms with Gasteiger partial charge in [0.05, 0.1) is 7.11 Å². The average molecular weight is 211 g/mol. The lowest BCUT2D eigenvalue weighted by Gasteiger charge is -2.30. The highest BCUT2D eigenvalue weighted by Gasteiger charge is 2.29. The van der Waals surface area contributed by atoms with Gasteiger partial charge in [-0.2, -0.15) is 4.98 Å². The lowest BCUT2D eigenvalue weighted by Crippen LogP contribution is -2.30. The van der Waals surface area contributed by atoms with Gasteiger partial charge in [0.2, 0.25) is 5.88 Å². The predicted octanol–water partition coefficient (Wildman–Crippen LogP) is 1.78. The Morgan fingerprint density at radius 2 is 2.29 bits per heavy atom. The molecule has 1 aromatic rings. The summed E-state index contributed by atoms with van der Waals surface area (Å²) >= 11 is 1.75. The molecule has 0 radical (unpaired) electrons. The number of methoxy groups -OCH3 is 1. The molecule has 0 atom stereocenters. The molecule has 1 N–H and O–H groups in total. The van der Waals surface area contributed by atoms with Crippen molar-refractivity contribution >= 4 is 17.4 Å². The van der Waals surface area contributed by atoms with Crippen molar-refractivity contribution in [2.75, 3.05) is 19.0 Å². The van der Waals surface area contributed by atoms with Gasteiger partial charge in [-0.05, 0) is 13.8 Å². The molecule has 0 aromatic carbocycles. The second-order valence-electron chi connectivity index (χ2n) is 3.78. The maximum atomic E-state index is 5.15. The summed E-state index contributed by atoms with van der Waals surface area (Å²) in [5, 5.41) is 4.27. The van der Waals surface area contributed by atoms with Crippen LogP contribution < -0.4 is 10.1 Å². The van der Waals surface area contributed by atoms with Crippen LogP contribution in [0.15, 0.2) is 11.4 Å². The van der Waals surface area contributed by atoms with Crippen molar-refractivity contribution in [3.05, 3.63) is 6.33 Å². The Kier molecular flexibility index (Phi) is 2.26. The first kappa shape index (κ1) is 9.58. The zero-order valence-corrected chi connectivity index (χ0v) is 9.31. The molecule has 0 unspecified atom stereocenters. The van der Waals surface area contributed by atoms with Crippen LogP contribution in [-0.2, 0) is 0 Å². The number of anilines is 1. The summed E-state index contributed by atoms with van der Waals surface area (Å²) in [6, 6.07) is 0. The number of aromatic nitrogens is 2. The van der Waals surface area contributed by atoms with Gasteiger partial charge in [-0.1, -0.05) is 11.8 Å². The van der Waals surface area contributed by atoms with Gasteiger partial charge in [0.25, 0.3) is 0 Å². The Bertz CT molecular complexity index is 354. The monoisotopic (exact) mass is 211 g/mol. The van der Waals surface area contributed by atoms with Crippen LogP contribution >= 0.6 is 11.8 Å². The number of fused-ring (bicyclic) bond motifs is 1. The van der Waals surface area contributed by atoms with Gasteiger partial charge >= 0.3 is 0 Å². The molecule has 1 aliphatic rings. The molecule has 0 saturated heterocycles. The molecule has 76 valence electrons. The van der Waals surface area contributed by atoms with E-state index in [4.69, 9.17) is 4.74 Å². The normalized spacial score (nSPS) is 18.2. The highest BCUT2D eigenvalue weighted by Crippen LogP contribution is 2.42.